The predicted molar refractivity (Wildman–Crippen MR) is 44.1 cm³/mol. The Kier molecular flexibility index (Phi) is 2.09. The lowest BCUT2D eigenvalue weighted by atomic mass is 10.1. The smallest absolute Gasteiger partial charge is 0.207 e. The molecule has 1 aromatic rings. The highest BCUT2D eigenvalue weighted by Gasteiger charge is 2.02. The Hall–Kier alpha value is -1.11. The number of nitrogens with two attached hydrogens (primary N) is 1. The van der Waals surface area contributed by atoms with Gasteiger partial charge in [-0.25, -0.2) is 0 Å². The molecule has 0 amide bonds. The number of nitrogens with one attached hydrogen (secondary N) is 2. The fourth-order valence-electron chi connectivity index (χ4n) is 0.576. The molecule has 0 fully saturated rings. The molecule has 0 aliphatic heterocycles. The van der Waals surface area contributed by atoms with Gasteiger partial charge in [0.1, 0.15) is 5.84 Å². The molecule has 4 N–H and O–H groups in total. The van der Waals surface area contributed by atoms with Crippen molar-refractivity contribution in [3.05, 3.63) is 4.80 Å². The minimum Gasteiger partial charge on any atom is -0.374 e. The van der Waals surface area contributed by atoms with E-state index in [-0.39, 0.29) is 22.1 Å². The molecule has 0 atom stereocenters. The first-order valence-electron chi connectivity index (χ1n) is 2.83. The molecule has 0 aliphatic rings. The number of rotatable bonds is 1. The van der Waals surface area contributed by atoms with Crippen LogP contribution in [0.4, 0.5) is 5.13 Å². The van der Waals surface area contributed by atoms with Gasteiger partial charge < -0.3 is 5.73 Å². The molecule has 2 radical (unpaired) electrons. The zero-order valence-electron chi connectivity index (χ0n) is 5.66. The van der Waals surface area contributed by atoms with Crippen molar-refractivity contribution in [1.82, 2.24) is 9.78 Å². The van der Waals surface area contributed by atoms with Crippen LogP contribution in [0.3, 0.4) is 0 Å². The van der Waals surface area contributed by atoms with E-state index in [1.165, 1.54) is 0 Å². The van der Waals surface area contributed by atoms with Crippen molar-refractivity contribution in [3.63, 3.8) is 0 Å². The normalized spacial score (nSPS) is 9.82. The average molecular weight is 167 g/mol. The van der Waals surface area contributed by atoms with E-state index in [4.69, 9.17) is 24.4 Å². The van der Waals surface area contributed by atoms with E-state index >= 15 is 0 Å². The quantitative estimate of drug-likeness (QED) is 0.296. The standard InChI is InChI=1S/C4H6BN5S/c5-1-2(6)10-4(8)11-3(7)9-10/h6,8H,1H2,(H2,7,9). The Morgan fingerprint density at radius 2 is 2.45 bits per heavy atom. The van der Waals surface area contributed by atoms with E-state index in [2.05, 4.69) is 5.10 Å². The fourth-order valence-corrected chi connectivity index (χ4v) is 1.13. The summed E-state index contributed by atoms with van der Waals surface area (Å²) in [6.07, 6.45) is 0.0553. The Morgan fingerprint density at radius 3 is 2.82 bits per heavy atom. The monoisotopic (exact) mass is 167 g/mol. The van der Waals surface area contributed by atoms with Gasteiger partial charge in [-0.3, -0.25) is 10.8 Å². The van der Waals surface area contributed by atoms with Crippen molar-refractivity contribution in [3.8, 4) is 0 Å². The highest BCUT2D eigenvalue weighted by atomic mass is 32.1. The summed E-state index contributed by atoms with van der Waals surface area (Å²) in [6, 6.07) is 0. The van der Waals surface area contributed by atoms with Gasteiger partial charge in [0.05, 0.1) is 7.85 Å². The molecule has 7 heteroatoms. The van der Waals surface area contributed by atoms with Crippen molar-refractivity contribution in [2.75, 3.05) is 5.73 Å². The average Bonchev–Trinajstić information content (AvgIpc) is 2.28. The van der Waals surface area contributed by atoms with Crippen LogP contribution >= 0.6 is 11.3 Å². The van der Waals surface area contributed by atoms with Crippen LogP contribution in [0.1, 0.15) is 0 Å². The Balaban J connectivity index is 3.13. The molecule has 11 heavy (non-hydrogen) atoms. The van der Waals surface area contributed by atoms with Gasteiger partial charge in [0, 0.05) is 0 Å². The van der Waals surface area contributed by atoms with Crippen LogP contribution in [0.5, 0.6) is 0 Å². The van der Waals surface area contributed by atoms with E-state index in [1.54, 1.807) is 0 Å². The van der Waals surface area contributed by atoms with Crippen molar-refractivity contribution >= 4 is 30.2 Å². The Morgan fingerprint density at radius 1 is 1.82 bits per heavy atom. The van der Waals surface area contributed by atoms with Crippen LogP contribution in [0.25, 0.3) is 0 Å². The first kappa shape index (κ1) is 8.00. The molecule has 0 bridgehead atoms. The maximum absolute atomic E-state index is 7.27. The largest absolute Gasteiger partial charge is 0.374 e. The SMILES string of the molecule is [B]CC(=N)n1nc(N)sc1=N. The first-order chi connectivity index (χ1) is 5.15. The molecule has 0 aliphatic carbocycles. The number of hydrogen-bond donors (Lipinski definition) is 3. The van der Waals surface area contributed by atoms with Crippen LogP contribution < -0.4 is 10.5 Å². The number of nitrogen functional groups attached to an aromatic ring is 1. The topological polar surface area (TPSA) is 91.5 Å². The summed E-state index contributed by atoms with van der Waals surface area (Å²) in [5, 5.41) is 18.5. The molecule has 1 rings (SSSR count). The Bertz CT molecular complexity index is 325. The third-order valence-electron chi connectivity index (χ3n) is 1.04. The minimum atomic E-state index is 0.0553. The zero-order chi connectivity index (χ0) is 8.43. The number of anilines is 1. The second kappa shape index (κ2) is 2.87. The molecule has 0 aromatic carbocycles. The molecule has 0 saturated carbocycles. The molecule has 1 aromatic heterocycles. The maximum Gasteiger partial charge on any atom is 0.207 e. The molecule has 5 nitrogen and oxygen atoms in total. The summed E-state index contributed by atoms with van der Waals surface area (Å²) >= 11 is 1.01. The van der Waals surface area contributed by atoms with Gasteiger partial charge in [0.25, 0.3) is 0 Å². The van der Waals surface area contributed by atoms with E-state index in [1.807, 2.05) is 0 Å². The maximum atomic E-state index is 7.27. The second-order valence-electron chi connectivity index (χ2n) is 1.81. The highest BCUT2D eigenvalue weighted by molar-refractivity contribution is 7.12. The second-order valence-corrected chi connectivity index (χ2v) is 2.82. The lowest BCUT2D eigenvalue weighted by molar-refractivity contribution is 0.861. The number of hydrogen-bond acceptors (Lipinski definition) is 5. The van der Waals surface area contributed by atoms with Crippen LogP contribution in [0.2, 0.25) is 6.32 Å². The van der Waals surface area contributed by atoms with Gasteiger partial charge in [-0.05, 0) is 6.32 Å². The van der Waals surface area contributed by atoms with E-state index in [9.17, 15) is 0 Å². The van der Waals surface area contributed by atoms with Crippen LogP contribution in [0.15, 0.2) is 0 Å². The first-order valence-corrected chi connectivity index (χ1v) is 3.65. The molecule has 0 saturated heterocycles. The number of aromatic nitrogens is 2. The van der Waals surface area contributed by atoms with E-state index < -0.39 is 0 Å². The lowest BCUT2D eigenvalue weighted by Crippen LogP contribution is -2.22. The van der Waals surface area contributed by atoms with Crippen molar-refractivity contribution in [1.29, 1.82) is 10.8 Å². The highest BCUT2D eigenvalue weighted by Crippen LogP contribution is 1.98. The van der Waals surface area contributed by atoms with Crippen molar-refractivity contribution in [2.24, 2.45) is 0 Å². The molecule has 1 heterocycles. The van der Waals surface area contributed by atoms with Gasteiger partial charge in [-0.15, -0.1) is 5.10 Å². The van der Waals surface area contributed by atoms with E-state index in [0.29, 0.717) is 0 Å². The summed E-state index contributed by atoms with van der Waals surface area (Å²) in [5.74, 6) is 0.0722. The van der Waals surface area contributed by atoms with Crippen LogP contribution in [-0.4, -0.2) is 23.5 Å². The lowest BCUT2D eigenvalue weighted by Gasteiger charge is -1.96. The van der Waals surface area contributed by atoms with Gasteiger partial charge in [0.15, 0.2) is 0 Å². The summed E-state index contributed by atoms with van der Waals surface area (Å²) in [6.45, 7) is 0. The van der Waals surface area contributed by atoms with Gasteiger partial charge in [-0.1, -0.05) is 11.3 Å². The fraction of sp³-hybridized carbons (Fsp3) is 0.250. The van der Waals surface area contributed by atoms with Crippen molar-refractivity contribution in [2.45, 2.75) is 6.32 Å². The number of nitrogens with zero attached hydrogens (tertiary/aromatic N) is 2. The third-order valence-corrected chi connectivity index (χ3v) is 1.70. The zero-order valence-corrected chi connectivity index (χ0v) is 6.48. The molecule has 0 unspecified atom stereocenters. The van der Waals surface area contributed by atoms with Crippen LogP contribution in [0, 0.1) is 10.8 Å². The third kappa shape index (κ3) is 1.48. The summed E-state index contributed by atoms with van der Waals surface area (Å²) in [5.41, 5.74) is 5.30. The molecular weight excluding hydrogens is 161 g/mol. The summed E-state index contributed by atoms with van der Waals surface area (Å²) in [4.78, 5) is 0.123. The summed E-state index contributed by atoms with van der Waals surface area (Å²) < 4.78 is 1.11. The van der Waals surface area contributed by atoms with Gasteiger partial charge in [-0.2, -0.15) is 4.68 Å². The molecule has 0 spiro atoms. The van der Waals surface area contributed by atoms with Crippen molar-refractivity contribution < 1.29 is 0 Å². The molecule has 56 valence electrons. The van der Waals surface area contributed by atoms with E-state index in [0.717, 1.165) is 16.0 Å². The van der Waals surface area contributed by atoms with Crippen LogP contribution in [-0.2, 0) is 0 Å². The summed E-state index contributed by atoms with van der Waals surface area (Å²) in [7, 11) is 5.18. The van der Waals surface area contributed by atoms with Gasteiger partial charge >= 0.3 is 0 Å². The predicted octanol–water partition coefficient (Wildman–Crippen LogP) is -0.582. The molecular formula is C4H6BN5S. The Labute approximate surface area is 68.3 Å². The minimum absolute atomic E-state index is 0.0553. The van der Waals surface area contributed by atoms with Gasteiger partial charge in [0.2, 0.25) is 9.93 Å².